The molecule has 1 fully saturated rings. The number of urea groups is 1. The van der Waals surface area contributed by atoms with Crippen LogP contribution in [0.15, 0.2) is 59.2 Å². The molecule has 5 rings (SSSR count). The van der Waals surface area contributed by atoms with Gasteiger partial charge in [0.1, 0.15) is 17.3 Å². The molecule has 1 atom stereocenters. The minimum Gasteiger partial charge on any atom is -0.508 e. The zero-order valence-corrected chi connectivity index (χ0v) is 22.0. The number of anilines is 2. The van der Waals surface area contributed by atoms with Crippen molar-refractivity contribution in [3.63, 3.8) is 0 Å². The molecule has 2 aromatic carbocycles. The Morgan fingerprint density at radius 3 is 2.72 bits per heavy atom. The standard InChI is InChI=1S/C26H24BrF3N6O3/c27-19-13-32-36-23(11-21(33-24(19)36)17-5-1-2-6-22(17)38)31-12-15-4-3-9-35(14-15)25(39)34-20-8-7-16(37)10-18(20)26(28,29)30/h1-2,5-8,10-11,13,15,31,37-38H,3-4,9,12,14H2,(H,34,39). The van der Waals surface area contributed by atoms with Gasteiger partial charge in [0.2, 0.25) is 0 Å². The average Bonchev–Trinajstić information content (AvgIpc) is 3.28. The predicted molar refractivity (Wildman–Crippen MR) is 143 cm³/mol. The minimum absolute atomic E-state index is 0.0159. The first kappa shape index (κ1) is 26.6. The summed E-state index contributed by atoms with van der Waals surface area (Å²) in [7, 11) is 0. The summed E-state index contributed by atoms with van der Waals surface area (Å²) in [4.78, 5) is 19.0. The van der Waals surface area contributed by atoms with Crippen molar-refractivity contribution in [2.24, 2.45) is 5.92 Å². The molecule has 2 aromatic heterocycles. The first-order valence-electron chi connectivity index (χ1n) is 12.1. The van der Waals surface area contributed by atoms with Gasteiger partial charge in [-0.25, -0.2) is 9.78 Å². The molecule has 1 aliphatic heterocycles. The number of amides is 2. The van der Waals surface area contributed by atoms with E-state index in [0.717, 1.165) is 18.6 Å². The summed E-state index contributed by atoms with van der Waals surface area (Å²) in [6.07, 6.45) is -1.62. The number of alkyl halides is 3. The van der Waals surface area contributed by atoms with E-state index in [1.54, 1.807) is 41.0 Å². The molecule has 9 nitrogen and oxygen atoms in total. The van der Waals surface area contributed by atoms with Crippen LogP contribution >= 0.6 is 15.9 Å². The lowest BCUT2D eigenvalue weighted by molar-refractivity contribution is -0.137. The second kappa shape index (κ2) is 10.6. The van der Waals surface area contributed by atoms with Crippen molar-refractivity contribution in [2.45, 2.75) is 19.0 Å². The number of likely N-dealkylation sites (tertiary alicyclic amines) is 1. The topological polar surface area (TPSA) is 115 Å². The van der Waals surface area contributed by atoms with Crippen LogP contribution in [-0.2, 0) is 6.18 Å². The van der Waals surface area contributed by atoms with E-state index in [1.807, 2.05) is 0 Å². The van der Waals surface area contributed by atoms with Crippen molar-refractivity contribution in [2.75, 3.05) is 30.3 Å². The highest BCUT2D eigenvalue weighted by Crippen LogP contribution is 2.37. The largest absolute Gasteiger partial charge is 0.508 e. The number of nitrogens with one attached hydrogen (secondary N) is 2. The van der Waals surface area contributed by atoms with Crippen molar-refractivity contribution in [3.05, 3.63) is 64.8 Å². The Morgan fingerprint density at radius 1 is 1.15 bits per heavy atom. The lowest BCUT2D eigenvalue weighted by atomic mass is 9.98. The highest BCUT2D eigenvalue weighted by molar-refractivity contribution is 9.10. The van der Waals surface area contributed by atoms with Crippen LogP contribution in [0.5, 0.6) is 11.5 Å². The molecule has 1 unspecified atom stereocenters. The number of halogens is 4. The minimum atomic E-state index is -4.73. The van der Waals surface area contributed by atoms with Crippen LogP contribution < -0.4 is 10.6 Å². The maximum Gasteiger partial charge on any atom is 0.418 e. The summed E-state index contributed by atoms with van der Waals surface area (Å²) in [6.45, 7) is 1.21. The van der Waals surface area contributed by atoms with Gasteiger partial charge >= 0.3 is 12.2 Å². The molecule has 3 heterocycles. The Balaban J connectivity index is 1.31. The molecule has 2 amide bonds. The molecule has 1 aliphatic rings. The number of phenols is 2. The highest BCUT2D eigenvalue weighted by atomic mass is 79.9. The number of para-hydroxylation sites is 1. The van der Waals surface area contributed by atoms with Crippen LogP contribution in [0.3, 0.4) is 0 Å². The third-order valence-corrected chi connectivity index (χ3v) is 7.10. The van der Waals surface area contributed by atoms with Crippen molar-refractivity contribution in [3.8, 4) is 22.8 Å². The van der Waals surface area contributed by atoms with E-state index < -0.39 is 29.2 Å². The van der Waals surface area contributed by atoms with E-state index in [1.165, 1.54) is 4.90 Å². The first-order valence-corrected chi connectivity index (χ1v) is 12.9. The van der Waals surface area contributed by atoms with Gasteiger partial charge < -0.3 is 25.7 Å². The zero-order chi connectivity index (χ0) is 27.7. The van der Waals surface area contributed by atoms with Crippen molar-refractivity contribution in [1.82, 2.24) is 19.5 Å². The number of hydrogen-bond acceptors (Lipinski definition) is 6. The third-order valence-electron chi connectivity index (χ3n) is 6.54. The molecular formula is C26H24BrF3N6O3. The van der Waals surface area contributed by atoms with Gasteiger partial charge in [-0.2, -0.15) is 22.8 Å². The van der Waals surface area contributed by atoms with Crippen LogP contribution in [0, 0.1) is 5.92 Å². The van der Waals surface area contributed by atoms with E-state index in [0.29, 0.717) is 59.3 Å². The number of benzene rings is 2. The molecule has 204 valence electrons. The number of piperidine rings is 1. The van der Waals surface area contributed by atoms with Crippen molar-refractivity contribution in [1.29, 1.82) is 0 Å². The van der Waals surface area contributed by atoms with E-state index in [-0.39, 0.29) is 11.7 Å². The van der Waals surface area contributed by atoms with Crippen LogP contribution in [-0.4, -0.2) is 55.4 Å². The zero-order valence-electron chi connectivity index (χ0n) is 20.4. The molecule has 0 saturated carbocycles. The maximum atomic E-state index is 13.4. The molecule has 13 heteroatoms. The molecule has 0 spiro atoms. The molecule has 4 aromatic rings. The summed E-state index contributed by atoms with van der Waals surface area (Å²) in [5.41, 5.74) is 0.133. The summed E-state index contributed by atoms with van der Waals surface area (Å²) >= 11 is 3.45. The smallest absolute Gasteiger partial charge is 0.418 e. The highest BCUT2D eigenvalue weighted by Gasteiger charge is 2.35. The Kier molecular flexibility index (Phi) is 7.25. The SMILES string of the molecule is O=C(Nc1ccc(O)cc1C(F)(F)F)N1CCCC(CNc2cc(-c3ccccc3O)nc3c(Br)cnn23)C1. The monoisotopic (exact) mass is 604 g/mol. The molecule has 39 heavy (non-hydrogen) atoms. The van der Waals surface area contributed by atoms with Gasteiger partial charge in [-0.15, -0.1) is 0 Å². The number of carbonyl (C=O) groups is 1. The van der Waals surface area contributed by atoms with Crippen molar-refractivity contribution < 1.29 is 28.2 Å². The van der Waals surface area contributed by atoms with E-state index in [9.17, 15) is 28.2 Å². The summed E-state index contributed by atoms with van der Waals surface area (Å²) in [5.74, 6) is 0.198. The number of phenolic OH excluding ortho intramolecular Hbond substituents is 2. The van der Waals surface area contributed by atoms with E-state index >= 15 is 0 Å². The third kappa shape index (κ3) is 5.72. The molecule has 1 saturated heterocycles. The number of aromatic nitrogens is 3. The lowest BCUT2D eigenvalue weighted by Crippen LogP contribution is -2.44. The van der Waals surface area contributed by atoms with Gasteiger partial charge in [-0.1, -0.05) is 12.1 Å². The first-order chi connectivity index (χ1) is 18.6. The fraction of sp³-hybridized carbons (Fsp3) is 0.269. The number of fused-ring (bicyclic) bond motifs is 1. The number of carbonyl (C=O) groups excluding carboxylic acids is 1. The second-order valence-corrected chi connectivity index (χ2v) is 10.1. The summed E-state index contributed by atoms with van der Waals surface area (Å²) in [5, 5.41) is 29.9. The molecule has 0 radical (unpaired) electrons. The van der Waals surface area contributed by atoms with Gasteiger partial charge in [0, 0.05) is 31.3 Å². The Morgan fingerprint density at radius 2 is 1.95 bits per heavy atom. The van der Waals surface area contributed by atoms with E-state index in [2.05, 4.69) is 36.6 Å². The maximum absolute atomic E-state index is 13.4. The van der Waals surface area contributed by atoms with Gasteiger partial charge in [-0.3, -0.25) is 0 Å². The van der Waals surface area contributed by atoms with Crippen LogP contribution in [0.4, 0.5) is 29.5 Å². The molecule has 4 N–H and O–H groups in total. The summed E-state index contributed by atoms with van der Waals surface area (Å²) < 4.78 is 42.5. The van der Waals surface area contributed by atoms with Crippen LogP contribution in [0.1, 0.15) is 18.4 Å². The summed E-state index contributed by atoms with van der Waals surface area (Å²) in [6, 6.07) is 10.7. The van der Waals surface area contributed by atoms with Gasteiger partial charge in [-0.05, 0) is 65.0 Å². The van der Waals surface area contributed by atoms with Gasteiger partial charge in [0.25, 0.3) is 0 Å². The average molecular weight is 605 g/mol. The normalized spacial score (nSPS) is 15.9. The van der Waals surface area contributed by atoms with Crippen LogP contribution in [0.2, 0.25) is 0 Å². The lowest BCUT2D eigenvalue weighted by Gasteiger charge is -2.33. The number of rotatable bonds is 5. The van der Waals surface area contributed by atoms with Crippen LogP contribution in [0.25, 0.3) is 16.9 Å². The quantitative estimate of drug-likeness (QED) is 0.209. The molecular weight excluding hydrogens is 581 g/mol. The fourth-order valence-corrected chi connectivity index (χ4v) is 4.97. The second-order valence-electron chi connectivity index (χ2n) is 9.26. The van der Waals surface area contributed by atoms with Gasteiger partial charge in [0.15, 0.2) is 5.65 Å². The Hall–Kier alpha value is -4.00. The van der Waals surface area contributed by atoms with Crippen molar-refractivity contribution >= 4 is 39.1 Å². The fourth-order valence-electron chi connectivity index (χ4n) is 4.63. The number of hydrogen-bond donors (Lipinski definition) is 4. The molecule has 0 aliphatic carbocycles. The number of aromatic hydroxyl groups is 2. The van der Waals surface area contributed by atoms with Gasteiger partial charge in [0.05, 0.1) is 27.6 Å². The predicted octanol–water partition coefficient (Wildman–Crippen LogP) is 5.94. The van der Waals surface area contributed by atoms with E-state index in [4.69, 9.17) is 0 Å². The number of nitrogens with zero attached hydrogens (tertiary/aromatic N) is 4. The molecule has 0 bridgehead atoms. The Bertz CT molecular complexity index is 1530. The Labute approximate surface area is 229 Å².